The summed E-state index contributed by atoms with van der Waals surface area (Å²) in [7, 11) is 2.82. The van der Waals surface area contributed by atoms with Crippen molar-refractivity contribution in [2.45, 2.75) is 19.0 Å². The van der Waals surface area contributed by atoms with Crippen LogP contribution < -0.4 is 19.7 Å². The van der Waals surface area contributed by atoms with Crippen LogP contribution in [0.5, 0.6) is 11.8 Å². The maximum absolute atomic E-state index is 13.5. The second-order valence-corrected chi connectivity index (χ2v) is 7.63. The quantitative estimate of drug-likeness (QED) is 0.585. The number of alkyl halides is 3. The highest BCUT2D eigenvalue weighted by Gasteiger charge is 2.36. The van der Waals surface area contributed by atoms with Gasteiger partial charge in [0.05, 0.1) is 42.6 Å². The van der Waals surface area contributed by atoms with E-state index >= 15 is 0 Å². The second-order valence-electron chi connectivity index (χ2n) is 7.63. The zero-order chi connectivity index (χ0) is 25.3. The third-order valence-corrected chi connectivity index (χ3v) is 5.45. The maximum Gasteiger partial charge on any atom is 0.417 e. The number of hydrogen-bond acceptors (Lipinski definition) is 7. The minimum absolute atomic E-state index is 0.0895. The summed E-state index contributed by atoms with van der Waals surface area (Å²) >= 11 is 0. The van der Waals surface area contributed by atoms with Gasteiger partial charge in [0.15, 0.2) is 0 Å². The highest BCUT2D eigenvalue weighted by Crippen LogP contribution is 2.45. The largest absolute Gasteiger partial charge is 0.481 e. The van der Waals surface area contributed by atoms with Crippen LogP contribution in [0.2, 0.25) is 0 Å². The van der Waals surface area contributed by atoms with Gasteiger partial charge in [0.2, 0.25) is 23.6 Å². The summed E-state index contributed by atoms with van der Waals surface area (Å²) in [6.45, 7) is 1.21. The Morgan fingerprint density at radius 3 is 2.57 bits per heavy atom. The number of halogens is 3. The zero-order valence-electron chi connectivity index (χ0n) is 18.9. The van der Waals surface area contributed by atoms with Gasteiger partial charge < -0.3 is 19.7 Å². The molecular formula is C23H20F3N5O4. The van der Waals surface area contributed by atoms with Crippen LogP contribution in [0.4, 0.5) is 24.7 Å². The Kier molecular flexibility index (Phi) is 6.29. The van der Waals surface area contributed by atoms with Gasteiger partial charge in [-0.1, -0.05) is 6.07 Å². The standard InChI is InChI=1S/C23H20F3N5O4/c1-12-20-14(5-4-8-27-20)19-15(9-18(34-2)30-21(19)35-3)31(22(12)33)11-17(32)29-16-7-6-13(10-28-16)23(24,25)26/h4-10,12H,11H2,1-3H3,(H,28,29,32). The molecule has 0 saturated heterocycles. The summed E-state index contributed by atoms with van der Waals surface area (Å²) in [4.78, 5) is 39.9. The number of nitrogens with one attached hydrogen (secondary N) is 1. The lowest BCUT2D eigenvalue weighted by atomic mass is 9.98. The van der Waals surface area contributed by atoms with Crippen molar-refractivity contribution in [1.29, 1.82) is 0 Å². The van der Waals surface area contributed by atoms with Crippen LogP contribution in [0.25, 0.3) is 11.1 Å². The molecule has 2 amide bonds. The summed E-state index contributed by atoms with van der Waals surface area (Å²) in [6, 6.07) is 6.84. The molecule has 1 unspecified atom stereocenters. The van der Waals surface area contributed by atoms with Gasteiger partial charge in [-0.05, 0) is 25.1 Å². The first kappa shape index (κ1) is 23.9. The molecule has 4 rings (SSSR count). The summed E-state index contributed by atoms with van der Waals surface area (Å²) < 4.78 is 49.1. The predicted molar refractivity (Wildman–Crippen MR) is 119 cm³/mol. The lowest BCUT2D eigenvalue weighted by Crippen LogP contribution is -2.40. The molecule has 182 valence electrons. The molecule has 0 fully saturated rings. The summed E-state index contributed by atoms with van der Waals surface area (Å²) in [5.74, 6) is -1.57. The van der Waals surface area contributed by atoms with Gasteiger partial charge in [-0.25, -0.2) is 4.98 Å². The number of carbonyl (C=O) groups is 2. The fourth-order valence-electron chi connectivity index (χ4n) is 3.77. The van der Waals surface area contributed by atoms with Crippen LogP contribution in [0.3, 0.4) is 0 Å². The van der Waals surface area contributed by atoms with E-state index in [4.69, 9.17) is 9.47 Å². The Morgan fingerprint density at radius 1 is 1.17 bits per heavy atom. The monoisotopic (exact) mass is 487 g/mol. The molecule has 0 saturated carbocycles. The highest BCUT2D eigenvalue weighted by molar-refractivity contribution is 6.09. The Hall–Kier alpha value is -4.22. The van der Waals surface area contributed by atoms with Crippen LogP contribution in [0.1, 0.15) is 24.1 Å². The van der Waals surface area contributed by atoms with Crippen LogP contribution >= 0.6 is 0 Å². The number of aromatic nitrogens is 3. The highest BCUT2D eigenvalue weighted by atomic mass is 19.4. The smallest absolute Gasteiger partial charge is 0.417 e. The third-order valence-electron chi connectivity index (χ3n) is 5.45. The van der Waals surface area contributed by atoms with Gasteiger partial charge in [-0.2, -0.15) is 18.2 Å². The molecule has 4 heterocycles. The molecular weight excluding hydrogens is 467 g/mol. The van der Waals surface area contributed by atoms with E-state index < -0.39 is 36.0 Å². The number of rotatable bonds is 5. The number of hydrogen-bond donors (Lipinski definition) is 1. The Bertz CT molecular complexity index is 1280. The van der Waals surface area contributed by atoms with Gasteiger partial charge in [0, 0.05) is 24.0 Å². The number of carbonyl (C=O) groups excluding carboxylic acids is 2. The van der Waals surface area contributed by atoms with Crippen molar-refractivity contribution in [2.75, 3.05) is 31.0 Å². The van der Waals surface area contributed by atoms with Crippen molar-refractivity contribution >= 4 is 23.3 Å². The van der Waals surface area contributed by atoms with Gasteiger partial charge in [-0.15, -0.1) is 0 Å². The molecule has 0 spiro atoms. The van der Waals surface area contributed by atoms with E-state index in [0.29, 0.717) is 28.7 Å². The van der Waals surface area contributed by atoms with E-state index in [1.165, 1.54) is 25.2 Å². The molecule has 0 aromatic carbocycles. The number of amides is 2. The maximum atomic E-state index is 13.5. The number of nitrogens with zero attached hydrogens (tertiary/aromatic N) is 4. The first-order valence-electron chi connectivity index (χ1n) is 10.4. The molecule has 1 N–H and O–H groups in total. The van der Waals surface area contributed by atoms with Crippen LogP contribution in [0.15, 0.2) is 42.7 Å². The molecule has 9 nitrogen and oxygen atoms in total. The Morgan fingerprint density at radius 2 is 1.94 bits per heavy atom. The summed E-state index contributed by atoms with van der Waals surface area (Å²) in [6.07, 6.45) is -2.37. The zero-order valence-corrected chi connectivity index (χ0v) is 18.9. The van der Waals surface area contributed by atoms with Crippen molar-refractivity contribution in [3.8, 4) is 22.9 Å². The van der Waals surface area contributed by atoms with Crippen molar-refractivity contribution in [2.24, 2.45) is 0 Å². The van der Waals surface area contributed by atoms with Gasteiger partial charge >= 0.3 is 6.18 Å². The molecule has 3 aromatic rings. The number of fused-ring (bicyclic) bond motifs is 3. The fraction of sp³-hybridized carbons (Fsp3) is 0.261. The van der Waals surface area contributed by atoms with Crippen LogP contribution in [-0.4, -0.2) is 47.5 Å². The average Bonchev–Trinajstić information content (AvgIpc) is 2.92. The number of pyridine rings is 3. The van der Waals surface area contributed by atoms with Crippen molar-refractivity contribution in [3.63, 3.8) is 0 Å². The third kappa shape index (κ3) is 4.59. The minimum atomic E-state index is -4.55. The van der Waals surface area contributed by atoms with E-state index in [9.17, 15) is 22.8 Å². The molecule has 3 aromatic heterocycles. The fourth-order valence-corrected chi connectivity index (χ4v) is 3.77. The number of anilines is 2. The Labute approximate surface area is 197 Å². The van der Waals surface area contributed by atoms with Crippen molar-refractivity contribution in [1.82, 2.24) is 15.0 Å². The normalized spacial score (nSPS) is 15.1. The molecule has 12 heteroatoms. The first-order valence-corrected chi connectivity index (χ1v) is 10.4. The van der Waals surface area contributed by atoms with Crippen molar-refractivity contribution < 1.29 is 32.2 Å². The van der Waals surface area contributed by atoms with E-state index in [1.54, 1.807) is 25.3 Å². The number of methoxy groups -OCH3 is 2. The van der Waals surface area contributed by atoms with E-state index in [-0.39, 0.29) is 17.6 Å². The predicted octanol–water partition coefficient (Wildman–Crippen LogP) is 3.66. The summed E-state index contributed by atoms with van der Waals surface area (Å²) in [5.41, 5.74) is 0.916. The molecule has 0 radical (unpaired) electrons. The van der Waals surface area contributed by atoms with Gasteiger partial charge in [0.1, 0.15) is 12.4 Å². The molecule has 1 atom stereocenters. The summed E-state index contributed by atoms with van der Waals surface area (Å²) in [5, 5.41) is 2.43. The molecule has 1 aliphatic heterocycles. The lowest BCUT2D eigenvalue weighted by Gasteiger charge is -2.25. The first-order chi connectivity index (χ1) is 16.6. The van der Waals surface area contributed by atoms with Gasteiger partial charge in [-0.3, -0.25) is 14.6 Å². The van der Waals surface area contributed by atoms with E-state index in [2.05, 4.69) is 20.3 Å². The molecule has 35 heavy (non-hydrogen) atoms. The van der Waals surface area contributed by atoms with Crippen LogP contribution in [0, 0.1) is 0 Å². The minimum Gasteiger partial charge on any atom is -0.481 e. The van der Waals surface area contributed by atoms with E-state index in [0.717, 1.165) is 12.1 Å². The number of ether oxygens (including phenoxy) is 2. The average molecular weight is 487 g/mol. The van der Waals surface area contributed by atoms with Crippen LogP contribution in [-0.2, 0) is 15.8 Å². The topological polar surface area (TPSA) is 107 Å². The van der Waals surface area contributed by atoms with E-state index in [1.807, 2.05) is 0 Å². The lowest BCUT2D eigenvalue weighted by molar-refractivity contribution is -0.137. The Balaban J connectivity index is 1.72. The molecule has 1 aliphatic rings. The molecule has 0 bridgehead atoms. The van der Waals surface area contributed by atoms with Crippen molar-refractivity contribution in [3.05, 3.63) is 54.0 Å². The SMILES string of the molecule is COc1cc2c(c(OC)n1)-c1cccnc1C(C)C(=O)N2CC(=O)Nc1ccc(C(F)(F)F)cn1. The van der Waals surface area contributed by atoms with Gasteiger partial charge in [0.25, 0.3) is 0 Å². The second kappa shape index (κ2) is 9.20. The molecule has 0 aliphatic carbocycles.